The summed E-state index contributed by atoms with van der Waals surface area (Å²) in [6.07, 6.45) is 3.33. The minimum Gasteiger partial charge on any atom is -0.495 e. The molecule has 1 heterocycles. The van der Waals surface area contributed by atoms with Crippen LogP contribution >= 0.6 is 0 Å². The molecule has 1 unspecified atom stereocenters. The molecular weight excluding hydrogens is 252 g/mol. The molecule has 0 radical (unpaired) electrons. The Morgan fingerprint density at radius 2 is 2.15 bits per heavy atom. The van der Waals surface area contributed by atoms with Gasteiger partial charge in [-0.05, 0) is 51.1 Å². The summed E-state index contributed by atoms with van der Waals surface area (Å²) >= 11 is 0. The van der Waals surface area contributed by atoms with Crippen LogP contribution in [0, 0.1) is 0 Å². The molecule has 0 bridgehead atoms. The Bertz CT molecular complexity index is 413. The number of benzene rings is 1. The summed E-state index contributed by atoms with van der Waals surface area (Å²) in [5, 5.41) is 3.63. The Labute approximate surface area is 122 Å². The quantitative estimate of drug-likeness (QED) is 0.898. The van der Waals surface area contributed by atoms with Crippen LogP contribution in [0.1, 0.15) is 24.8 Å². The van der Waals surface area contributed by atoms with Crippen LogP contribution in [0.5, 0.6) is 5.75 Å². The second kappa shape index (κ2) is 7.50. The molecule has 1 aromatic carbocycles. The van der Waals surface area contributed by atoms with Gasteiger partial charge in [0.05, 0.1) is 12.8 Å². The number of rotatable bonds is 5. The van der Waals surface area contributed by atoms with Gasteiger partial charge in [0.1, 0.15) is 5.75 Å². The third-order valence-corrected chi connectivity index (χ3v) is 3.57. The predicted molar refractivity (Wildman–Crippen MR) is 82.5 cm³/mol. The Morgan fingerprint density at radius 1 is 1.30 bits per heavy atom. The zero-order chi connectivity index (χ0) is 14.4. The number of anilines is 1. The van der Waals surface area contributed by atoms with Crippen LogP contribution in [-0.4, -0.2) is 45.4 Å². The van der Waals surface area contributed by atoms with Crippen molar-refractivity contribution in [1.29, 1.82) is 0 Å². The molecule has 1 aliphatic heterocycles. The lowest BCUT2D eigenvalue weighted by Gasteiger charge is -2.20. The zero-order valence-corrected chi connectivity index (χ0v) is 12.8. The van der Waals surface area contributed by atoms with Gasteiger partial charge in [0.2, 0.25) is 0 Å². The number of ether oxygens (including phenoxy) is 2. The fourth-order valence-electron chi connectivity index (χ4n) is 2.60. The van der Waals surface area contributed by atoms with Gasteiger partial charge in [0.25, 0.3) is 0 Å². The highest BCUT2D eigenvalue weighted by Crippen LogP contribution is 2.28. The SMILES string of the molecule is COc1ccc(CN(C)C)cc1NC1CCCOCC1. The number of nitrogens with one attached hydrogen (secondary N) is 1. The lowest BCUT2D eigenvalue weighted by atomic mass is 10.1. The normalized spacial score (nSPS) is 19.7. The Morgan fingerprint density at radius 3 is 2.90 bits per heavy atom. The molecule has 1 fully saturated rings. The topological polar surface area (TPSA) is 33.7 Å². The average Bonchev–Trinajstić information content (AvgIpc) is 2.67. The molecule has 20 heavy (non-hydrogen) atoms. The maximum Gasteiger partial charge on any atom is 0.141 e. The van der Waals surface area contributed by atoms with Crippen LogP contribution in [0.4, 0.5) is 5.69 Å². The fraction of sp³-hybridized carbons (Fsp3) is 0.625. The molecule has 1 atom stereocenters. The highest BCUT2D eigenvalue weighted by molar-refractivity contribution is 5.58. The fourth-order valence-corrected chi connectivity index (χ4v) is 2.60. The molecule has 0 aliphatic carbocycles. The van der Waals surface area contributed by atoms with Crippen LogP contribution in [0.2, 0.25) is 0 Å². The first-order valence-electron chi connectivity index (χ1n) is 7.35. The van der Waals surface area contributed by atoms with Gasteiger partial charge in [-0.15, -0.1) is 0 Å². The second-order valence-corrected chi connectivity index (χ2v) is 5.66. The molecule has 4 nitrogen and oxygen atoms in total. The monoisotopic (exact) mass is 278 g/mol. The third-order valence-electron chi connectivity index (χ3n) is 3.57. The zero-order valence-electron chi connectivity index (χ0n) is 12.8. The highest BCUT2D eigenvalue weighted by atomic mass is 16.5. The molecule has 1 aromatic rings. The van der Waals surface area contributed by atoms with Crippen molar-refractivity contribution in [1.82, 2.24) is 4.90 Å². The maximum absolute atomic E-state index is 5.52. The van der Waals surface area contributed by atoms with Crippen molar-refractivity contribution in [3.63, 3.8) is 0 Å². The van der Waals surface area contributed by atoms with E-state index in [0.29, 0.717) is 6.04 Å². The minimum atomic E-state index is 0.473. The van der Waals surface area contributed by atoms with Crippen molar-refractivity contribution < 1.29 is 9.47 Å². The van der Waals surface area contributed by atoms with Gasteiger partial charge in [0, 0.05) is 25.8 Å². The lowest BCUT2D eigenvalue weighted by molar-refractivity contribution is 0.144. The molecule has 0 aromatic heterocycles. The smallest absolute Gasteiger partial charge is 0.141 e. The van der Waals surface area contributed by atoms with E-state index in [9.17, 15) is 0 Å². The van der Waals surface area contributed by atoms with Gasteiger partial charge >= 0.3 is 0 Å². The Balaban J connectivity index is 2.10. The van der Waals surface area contributed by atoms with Gasteiger partial charge in [-0.2, -0.15) is 0 Å². The standard InChI is InChI=1S/C16H26N2O2/c1-18(2)12-13-6-7-16(19-3)15(11-13)17-14-5-4-9-20-10-8-14/h6-7,11,14,17H,4-5,8-10,12H2,1-3H3. The third kappa shape index (κ3) is 4.39. The molecule has 112 valence electrons. The first-order chi connectivity index (χ1) is 9.69. The number of hydrogen-bond donors (Lipinski definition) is 1. The van der Waals surface area contributed by atoms with E-state index in [1.807, 2.05) is 6.07 Å². The van der Waals surface area contributed by atoms with E-state index in [-0.39, 0.29) is 0 Å². The number of methoxy groups -OCH3 is 1. The van der Waals surface area contributed by atoms with E-state index < -0.39 is 0 Å². The number of nitrogens with zero attached hydrogens (tertiary/aromatic N) is 1. The van der Waals surface area contributed by atoms with E-state index in [2.05, 4.69) is 36.4 Å². The first-order valence-corrected chi connectivity index (χ1v) is 7.35. The molecule has 0 spiro atoms. The van der Waals surface area contributed by atoms with Crippen molar-refractivity contribution in [2.24, 2.45) is 0 Å². The molecule has 0 saturated carbocycles. The predicted octanol–water partition coefficient (Wildman–Crippen LogP) is 2.74. The van der Waals surface area contributed by atoms with Crippen molar-refractivity contribution in [2.75, 3.05) is 39.7 Å². The summed E-state index contributed by atoms with van der Waals surface area (Å²) in [7, 11) is 5.89. The summed E-state index contributed by atoms with van der Waals surface area (Å²) in [6, 6.07) is 6.85. The van der Waals surface area contributed by atoms with Crippen LogP contribution in [0.3, 0.4) is 0 Å². The van der Waals surface area contributed by atoms with E-state index >= 15 is 0 Å². The summed E-state index contributed by atoms with van der Waals surface area (Å²) < 4.78 is 11.0. The second-order valence-electron chi connectivity index (χ2n) is 5.66. The van der Waals surface area contributed by atoms with Gasteiger partial charge in [0.15, 0.2) is 0 Å². The summed E-state index contributed by atoms with van der Waals surface area (Å²) in [4.78, 5) is 2.17. The summed E-state index contributed by atoms with van der Waals surface area (Å²) in [5.41, 5.74) is 2.39. The molecule has 1 N–H and O–H groups in total. The van der Waals surface area contributed by atoms with E-state index in [0.717, 1.165) is 50.5 Å². The minimum absolute atomic E-state index is 0.473. The molecular formula is C16H26N2O2. The van der Waals surface area contributed by atoms with Crippen LogP contribution in [0.15, 0.2) is 18.2 Å². The van der Waals surface area contributed by atoms with E-state index in [4.69, 9.17) is 9.47 Å². The number of hydrogen-bond acceptors (Lipinski definition) is 4. The van der Waals surface area contributed by atoms with E-state index in [1.165, 1.54) is 5.56 Å². The summed E-state index contributed by atoms with van der Waals surface area (Å²) in [5.74, 6) is 0.915. The average molecular weight is 278 g/mol. The maximum atomic E-state index is 5.52. The van der Waals surface area contributed by atoms with Gasteiger partial charge in [-0.3, -0.25) is 0 Å². The van der Waals surface area contributed by atoms with Gasteiger partial charge in [-0.25, -0.2) is 0 Å². The molecule has 1 aliphatic rings. The first kappa shape index (κ1) is 15.1. The van der Waals surface area contributed by atoms with Gasteiger partial charge in [-0.1, -0.05) is 6.07 Å². The van der Waals surface area contributed by atoms with Crippen molar-refractivity contribution >= 4 is 5.69 Å². The van der Waals surface area contributed by atoms with Crippen molar-refractivity contribution in [3.05, 3.63) is 23.8 Å². The van der Waals surface area contributed by atoms with Crippen molar-refractivity contribution in [2.45, 2.75) is 31.8 Å². The molecule has 0 amide bonds. The molecule has 4 heteroatoms. The highest BCUT2D eigenvalue weighted by Gasteiger charge is 2.14. The van der Waals surface area contributed by atoms with Gasteiger partial charge < -0.3 is 19.7 Å². The molecule has 2 rings (SSSR count). The summed E-state index contributed by atoms with van der Waals surface area (Å²) in [6.45, 7) is 2.67. The lowest BCUT2D eigenvalue weighted by Crippen LogP contribution is -2.20. The van der Waals surface area contributed by atoms with E-state index in [1.54, 1.807) is 7.11 Å². The van der Waals surface area contributed by atoms with Crippen molar-refractivity contribution in [3.8, 4) is 5.75 Å². The van der Waals surface area contributed by atoms with Crippen LogP contribution in [-0.2, 0) is 11.3 Å². The molecule has 1 saturated heterocycles. The Hall–Kier alpha value is -1.26. The van der Waals surface area contributed by atoms with Crippen LogP contribution in [0.25, 0.3) is 0 Å². The Kier molecular flexibility index (Phi) is 5.68. The largest absolute Gasteiger partial charge is 0.495 e. The van der Waals surface area contributed by atoms with Crippen LogP contribution < -0.4 is 10.1 Å².